The van der Waals surface area contributed by atoms with E-state index in [0.717, 1.165) is 12.1 Å². The molecule has 7 nitrogen and oxygen atoms in total. The molecule has 1 saturated heterocycles. The lowest BCUT2D eigenvalue weighted by Gasteiger charge is -2.47. The highest BCUT2D eigenvalue weighted by molar-refractivity contribution is 8.25. The first-order valence-corrected chi connectivity index (χ1v) is 10.9. The predicted molar refractivity (Wildman–Crippen MR) is 110 cm³/mol. The van der Waals surface area contributed by atoms with Crippen molar-refractivity contribution in [3.05, 3.63) is 52.7 Å². The van der Waals surface area contributed by atoms with E-state index in [2.05, 4.69) is 15.3 Å². The fraction of sp³-hybridized carbons (Fsp3) is 0.316. The van der Waals surface area contributed by atoms with Crippen molar-refractivity contribution in [2.45, 2.75) is 6.18 Å². The summed E-state index contributed by atoms with van der Waals surface area (Å²) >= 11 is 0. The molecular formula is C19H19F3N4O3S. The Morgan fingerprint density at radius 2 is 1.87 bits per heavy atom. The van der Waals surface area contributed by atoms with Gasteiger partial charge in [0.15, 0.2) is 0 Å². The molecule has 0 bridgehead atoms. The first-order chi connectivity index (χ1) is 14.0. The highest BCUT2D eigenvalue weighted by Crippen LogP contribution is 2.51. The Balaban J connectivity index is 1.72. The third kappa shape index (κ3) is 3.87. The molecular weight excluding hydrogens is 421 g/mol. The van der Waals surface area contributed by atoms with E-state index in [1.165, 1.54) is 29.2 Å². The summed E-state index contributed by atoms with van der Waals surface area (Å²) in [7, 11) is -0.922. The SMILES string of the molecule is Cn1cnc2c(-c3ccc(C(F)(F)F)cc3)cnc(NCC3CS(O)(O)C3)c2c1=O. The van der Waals surface area contributed by atoms with Crippen LogP contribution in [0.5, 0.6) is 0 Å². The maximum absolute atomic E-state index is 12.9. The summed E-state index contributed by atoms with van der Waals surface area (Å²) in [6, 6.07) is 4.60. The predicted octanol–water partition coefficient (Wildman–Crippen LogP) is 3.81. The van der Waals surface area contributed by atoms with Gasteiger partial charge in [-0.1, -0.05) is 12.1 Å². The van der Waals surface area contributed by atoms with E-state index in [0.29, 0.717) is 40.5 Å². The van der Waals surface area contributed by atoms with Crippen LogP contribution in [0.4, 0.5) is 19.0 Å². The first kappa shape index (κ1) is 20.6. The molecule has 30 heavy (non-hydrogen) atoms. The molecule has 3 aromatic rings. The van der Waals surface area contributed by atoms with E-state index in [-0.39, 0.29) is 16.9 Å². The Hall–Kier alpha value is -2.63. The van der Waals surface area contributed by atoms with Crippen LogP contribution in [-0.4, -0.2) is 41.7 Å². The second kappa shape index (κ2) is 7.25. The number of nitrogens with zero attached hydrogens (tertiary/aromatic N) is 3. The van der Waals surface area contributed by atoms with Gasteiger partial charge in [-0.3, -0.25) is 13.9 Å². The first-order valence-electron chi connectivity index (χ1n) is 9.04. The minimum absolute atomic E-state index is 0.0574. The van der Waals surface area contributed by atoms with Crippen LogP contribution in [0.1, 0.15) is 5.56 Å². The fourth-order valence-corrected chi connectivity index (χ4v) is 5.11. The van der Waals surface area contributed by atoms with Gasteiger partial charge in [0.25, 0.3) is 5.56 Å². The van der Waals surface area contributed by atoms with Crippen molar-refractivity contribution in [1.82, 2.24) is 14.5 Å². The molecule has 2 aromatic heterocycles. The zero-order chi connectivity index (χ0) is 21.7. The Labute approximate surface area is 170 Å². The maximum atomic E-state index is 12.9. The number of rotatable bonds is 4. The summed E-state index contributed by atoms with van der Waals surface area (Å²) in [6.45, 7) is 0.412. The van der Waals surface area contributed by atoms with Gasteiger partial charge in [0.1, 0.15) is 11.2 Å². The van der Waals surface area contributed by atoms with E-state index >= 15 is 0 Å². The van der Waals surface area contributed by atoms with Gasteiger partial charge in [-0.05, 0) is 17.7 Å². The van der Waals surface area contributed by atoms with Crippen LogP contribution in [0, 0.1) is 5.92 Å². The van der Waals surface area contributed by atoms with Crippen molar-refractivity contribution in [1.29, 1.82) is 0 Å². The minimum atomic E-state index is -4.44. The molecule has 0 unspecified atom stereocenters. The van der Waals surface area contributed by atoms with Gasteiger partial charge < -0.3 is 9.88 Å². The normalized spacial score (nSPS) is 17.5. The summed E-state index contributed by atoms with van der Waals surface area (Å²) in [5.41, 5.74) is 0.118. The second-order valence-corrected chi connectivity index (χ2v) is 9.63. The number of hydrogen-bond donors (Lipinski definition) is 3. The number of pyridine rings is 1. The average Bonchev–Trinajstić information content (AvgIpc) is 2.66. The Bertz CT molecular complexity index is 1150. The van der Waals surface area contributed by atoms with Gasteiger partial charge in [-0.2, -0.15) is 23.8 Å². The van der Waals surface area contributed by atoms with Crippen LogP contribution in [0.2, 0.25) is 0 Å². The fourth-order valence-electron chi connectivity index (χ4n) is 3.46. The molecule has 4 rings (SSSR count). The lowest BCUT2D eigenvalue weighted by molar-refractivity contribution is -0.137. The molecule has 0 saturated carbocycles. The number of anilines is 1. The molecule has 0 amide bonds. The van der Waals surface area contributed by atoms with Gasteiger partial charge in [0.05, 0.1) is 17.4 Å². The van der Waals surface area contributed by atoms with Crippen molar-refractivity contribution in [2.24, 2.45) is 13.0 Å². The van der Waals surface area contributed by atoms with Crippen LogP contribution in [0.15, 0.2) is 41.6 Å². The maximum Gasteiger partial charge on any atom is 0.416 e. The molecule has 0 spiro atoms. The third-order valence-corrected chi connectivity index (χ3v) is 7.04. The highest BCUT2D eigenvalue weighted by Gasteiger charge is 2.33. The van der Waals surface area contributed by atoms with Crippen LogP contribution in [-0.2, 0) is 13.2 Å². The lowest BCUT2D eigenvalue weighted by Crippen LogP contribution is -2.37. The van der Waals surface area contributed by atoms with Gasteiger partial charge >= 0.3 is 6.18 Å². The smallest absolute Gasteiger partial charge is 0.369 e. The van der Waals surface area contributed by atoms with E-state index in [1.807, 2.05) is 0 Å². The van der Waals surface area contributed by atoms with Crippen LogP contribution < -0.4 is 10.9 Å². The van der Waals surface area contributed by atoms with E-state index in [1.54, 1.807) is 7.05 Å². The summed E-state index contributed by atoms with van der Waals surface area (Å²) in [5.74, 6) is 0.968. The number of aryl methyl sites for hydroxylation is 1. The van der Waals surface area contributed by atoms with Gasteiger partial charge in [-0.25, -0.2) is 9.97 Å². The largest absolute Gasteiger partial charge is 0.416 e. The van der Waals surface area contributed by atoms with Crippen molar-refractivity contribution in [2.75, 3.05) is 23.4 Å². The van der Waals surface area contributed by atoms with Crippen molar-refractivity contribution >= 4 is 27.3 Å². The van der Waals surface area contributed by atoms with Crippen LogP contribution in [0.3, 0.4) is 0 Å². The molecule has 0 aliphatic carbocycles. The second-order valence-electron chi connectivity index (χ2n) is 7.36. The van der Waals surface area contributed by atoms with Crippen LogP contribution >= 0.6 is 10.6 Å². The molecule has 0 radical (unpaired) electrons. The van der Waals surface area contributed by atoms with Gasteiger partial charge in [-0.15, -0.1) is 0 Å². The number of nitrogens with one attached hydrogen (secondary N) is 1. The van der Waals surface area contributed by atoms with E-state index in [9.17, 15) is 27.1 Å². The lowest BCUT2D eigenvalue weighted by atomic mass is 10.0. The molecule has 160 valence electrons. The number of hydrogen-bond acceptors (Lipinski definition) is 6. The summed E-state index contributed by atoms with van der Waals surface area (Å²) in [5, 5.41) is 3.31. The Morgan fingerprint density at radius 1 is 1.20 bits per heavy atom. The Kier molecular flexibility index (Phi) is 4.99. The minimum Gasteiger partial charge on any atom is -0.369 e. The molecule has 0 atom stereocenters. The number of alkyl halides is 3. The van der Waals surface area contributed by atoms with Crippen molar-refractivity contribution in [3.63, 3.8) is 0 Å². The highest BCUT2D eigenvalue weighted by atomic mass is 32.3. The molecule has 1 aliphatic rings. The van der Waals surface area contributed by atoms with E-state index in [4.69, 9.17) is 0 Å². The van der Waals surface area contributed by atoms with Crippen molar-refractivity contribution < 1.29 is 22.3 Å². The molecule has 3 N–H and O–H groups in total. The number of aromatic nitrogens is 3. The zero-order valence-electron chi connectivity index (χ0n) is 15.8. The standard InChI is InChI=1S/C19H19F3N4O3S/c1-26-10-25-16-14(12-2-4-13(5-3-12)19(20,21)22)7-24-17(15(16)18(26)27)23-6-11-8-30(28,29)9-11/h2-5,7,10-11,28-29H,6,8-9H2,1H3,(H,23,24). The third-order valence-electron chi connectivity index (χ3n) is 5.03. The zero-order valence-corrected chi connectivity index (χ0v) is 16.7. The molecule has 1 fully saturated rings. The molecule has 1 aromatic carbocycles. The number of benzene rings is 1. The molecule has 3 heterocycles. The molecule has 11 heteroatoms. The molecule has 1 aliphatic heterocycles. The van der Waals surface area contributed by atoms with Gasteiger partial charge in [0.2, 0.25) is 0 Å². The number of fused-ring (bicyclic) bond motifs is 1. The van der Waals surface area contributed by atoms with Gasteiger partial charge in [0, 0.05) is 42.8 Å². The van der Waals surface area contributed by atoms with E-state index < -0.39 is 22.3 Å². The number of halogens is 3. The topological polar surface area (TPSA) is 100 Å². The summed E-state index contributed by atoms with van der Waals surface area (Å²) in [4.78, 5) is 21.4. The Morgan fingerprint density at radius 3 is 2.47 bits per heavy atom. The monoisotopic (exact) mass is 440 g/mol. The average molecular weight is 440 g/mol. The summed E-state index contributed by atoms with van der Waals surface area (Å²) < 4.78 is 58.9. The van der Waals surface area contributed by atoms with Crippen molar-refractivity contribution in [3.8, 4) is 11.1 Å². The van der Waals surface area contributed by atoms with Crippen LogP contribution in [0.25, 0.3) is 22.0 Å². The summed E-state index contributed by atoms with van der Waals surface area (Å²) in [6.07, 6.45) is -1.62. The quantitative estimate of drug-likeness (QED) is 0.571.